The number of hydrogen-bond donors (Lipinski definition) is 1. The minimum atomic E-state index is -0.516. The molecule has 2 N–H and O–H groups in total. The molecule has 4 rings (SSSR count). The third kappa shape index (κ3) is 6.47. The number of hydrogen-bond acceptors (Lipinski definition) is 7. The van der Waals surface area contributed by atoms with Crippen LogP contribution in [0.3, 0.4) is 0 Å². The highest BCUT2D eigenvalue weighted by Gasteiger charge is 2.39. The Labute approximate surface area is 212 Å². The number of carbonyl (C=O) groups is 2. The van der Waals surface area contributed by atoms with E-state index in [1.54, 1.807) is 23.4 Å². The molecule has 9 heteroatoms. The smallest absolute Gasteiger partial charge is 0.410 e. The van der Waals surface area contributed by atoms with Gasteiger partial charge in [-0.1, -0.05) is 0 Å². The number of amides is 2. The Morgan fingerprint density at radius 3 is 2.31 bits per heavy atom. The molecule has 9 nitrogen and oxygen atoms in total. The summed E-state index contributed by atoms with van der Waals surface area (Å²) in [4.78, 5) is 42.3. The Balaban J connectivity index is 1.39. The fourth-order valence-electron chi connectivity index (χ4n) is 4.27. The van der Waals surface area contributed by atoms with E-state index >= 15 is 0 Å². The van der Waals surface area contributed by atoms with E-state index in [-0.39, 0.29) is 24.1 Å². The minimum Gasteiger partial charge on any atom is -0.444 e. The Morgan fingerprint density at radius 1 is 1.08 bits per heavy atom. The van der Waals surface area contributed by atoms with Gasteiger partial charge in [-0.15, -0.1) is 0 Å². The summed E-state index contributed by atoms with van der Waals surface area (Å²) in [6.45, 7) is 6.79. The molecule has 0 spiro atoms. The number of ether oxygens (including phenoxy) is 1. The topological polar surface area (TPSA) is 114 Å². The minimum absolute atomic E-state index is 0.0345. The molecule has 2 amide bonds. The molecule has 0 radical (unpaired) electrons. The third-order valence-corrected chi connectivity index (χ3v) is 6.21. The number of likely N-dealkylation sites (tertiary alicyclic amines) is 1. The Bertz CT molecular complexity index is 1110. The molecule has 0 unspecified atom stereocenters. The van der Waals surface area contributed by atoms with Crippen LogP contribution in [0.1, 0.15) is 62.5 Å². The van der Waals surface area contributed by atoms with Gasteiger partial charge in [-0.25, -0.2) is 14.8 Å². The molecular formula is C27H34N6O3. The Hall–Kier alpha value is -3.75. The molecule has 0 bridgehead atoms. The Morgan fingerprint density at radius 2 is 1.75 bits per heavy atom. The maximum Gasteiger partial charge on any atom is 0.410 e. The van der Waals surface area contributed by atoms with Crippen LogP contribution in [0.2, 0.25) is 0 Å². The SMILES string of the molecule is CC(C)(C)OC(=O)N1CCC(N(C(=O)c2ccc(N=CC(=CN)c3ccncn3)cc2)C2CC2)CC1. The maximum absolute atomic E-state index is 13.5. The van der Waals surface area contributed by atoms with Gasteiger partial charge in [0.2, 0.25) is 0 Å². The average molecular weight is 491 g/mol. The fourth-order valence-corrected chi connectivity index (χ4v) is 4.27. The van der Waals surface area contributed by atoms with Crippen molar-refractivity contribution in [3.05, 3.63) is 60.3 Å². The van der Waals surface area contributed by atoms with Crippen molar-refractivity contribution in [2.45, 2.75) is 64.1 Å². The highest BCUT2D eigenvalue weighted by atomic mass is 16.6. The zero-order valence-corrected chi connectivity index (χ0v) is 21.1. The van der Waals surface area contributed by atoms with Gasteiger partial charge in [-0.3, -0.25) is 9.79 Å². The van der Waals surface area contributed by atoms with Crippen molar-refractivity contribution in [2.75, 3.05) is 13.1 Å². The number of piperidine rings is 1. The van der Waals surface area contributed by atoms with Crippen LogP contribution in [0.25, 0.3) is 5.57 Å². The van der Waals surface area contributed by atoms with E-state index in [1.165, 1.54) is 12.5 Å². The normalized spacial score (nSPS) is 17.3. The van der Waals surface area contributed by atoms with E-state index in [9.17, 15) is 9.59 Å². The molecule has 1 aromatic heterocycles. The van der Waals surface area contributed by atoms with Crippen LogP contribution in [-0.2, 0) is 4.74 Å². The molecule has 190 valence electrons. The van der Waals surface area contributed by atoms with Crippen LogP contribution in [0.5, 0.6) is 0 Å². The van der Waals surface area contributed by atoms with Gasteiger partial charge in [0.15, 0.2) is 0 Å². The number of nitrogens with two attached hydrogens (primary N) is 1. The molecule has 2 heterocycles. The van der Waals surface area contributed by atoms with Crippen molar-refractivity contribution in [1.82, 2.24) is 19.8 Å². The highest BCUT2D eigenvalue weighted by Crippen LogP contribution is 2.33. The van der Waals surface area contributed by atoms with Crippen LogP contribution in [0.4, 0.5) is 10.5 Å². The van der Waals surface area contributed by atoms with Crippen LogP contribution >= 0.6 is 0 Å². The molecule has 2 aromatic rings. The van der Waals surface area contributed by atoms with Gasteiger partial charge in [-0.05, 0) is 76.8 Å². The summed E-state index contributed by atoms with van der Waals surface area (Å²) < 4.78 is 5.51. The number of allylic oxidation sites excluding steroid dienone is 1. The van der Waals surface area contributed by atoms with E-state index in [0.29, 0.717) is 35.6 Å². The van der Waals surface area contributed by atoms with E-state index < -0.39 is 5.60 Å². The van der Waals surface area contributed by atoms with Crippen LogP contribution in [-0.4, -0.2) is 68.8 Å². The molecule has 0 atom stereocenters. The first-order valence-electron chi connectivity index (χ1n) is 12.4. The summed E-state index contributed by atoms with van der Waals surface area (Å²) in [6, 6.07) is 9.44. The van der Waals surface area contributed by atoms with E-state index in [1.807, 2.05) is 49.9 Å². The van der Waals surface area contributed by atoms with Gasteiger partial charge in [0.1, 0.15) is 11.9 Å². The number of aliphatic imine (C=N–C) groups is 1. The lowest BCUT2D eigenvalue weighted by Crippen LogP contribution is -2.50. The van der Waals surface area contributed by atoms with Crippen molar-refractivity contribution in [3.63, 3.8) is 0 Å². The predicted molar refractivity (Wildman–Crippen MR) is 139 cm³/mol. The first kappa shape index (κ1) is 25.3. The number of carbonyl (C=O) groups excluding carboxylic acids is 2. The van der Waals surface area contributed by atoms with E-state index in [4.69, 9.17) is 10.5 Å². The molecule has 1 aliphatic carbocycles. The summed E-state index contributed by atoms with van der Waals surface area (Å²) in [5, 5.41) is 0. The molecule has 1 aliphatic heterocycles. The molecule has 1 saturated heterocycles. The first-order valence-corrected chi connectivity index (χ1v) is 12.4. The van der Waals surface area contributed by atoms with Crippen molar-refractivity contribution >= 4 is 29.5 Å². The first-order chi connectivity index (χ1) is 17.2. The number of aromatic nitrogens is 2. The van der Waals surface area contributed by atoms with Crippen molar-refractivity contribution in [2.24, 2.45) is 10.7 Å². The second-order valence-corrected chi connectivity index (χ2v) is 10.2. The zero-order chi connectivity index (χ0) is 25.7. The second kappa shape index (κ2) is 10.9. The summed E-state index contributed by atoms with van der Waals surface area (Å²) >= 11 is 0. The molecule has 1 aromatic carbocycles. The van der Waals surface area contributed by atoms with Crippen molar-refractivity contribution < 1.29 is 14.3 Å². The lowest BCUT2D eigenvalue weighted by Gasteiger charge is -2.39. The zero-order valence-electron chi connectivity index (χ0n) is 21.1. The van der Waals surface area contributed by atoms with Crippen molar-refractivity contribution in [1.29, 1.82) is 0 Å². The molecule has 2 aliphatic rings. The fraction of sp³-hybridized carbons (Fsp3) is 0.444. The quantitative estimate of drug-likeness (QED) is 0.608. The van der Waals surface area contributed by atoms with Crippen LogP contribution < -0.4 is 5.73 Å². The van der Waals surface area contributed by atoms with Gasteiger partial charge >= 0.3 is 6.09 Å². The Kier molecular flexibility index (Phi) is 7.67. The van der Waals surface area contributed by atoms with Gasteiger partial charge in [0, 0.05) is 54.9 Å². The van der Waals surface area contributed by atoms with Gasteiger partial charge < -0.3 is 20.3 Å². The lowest BCUT2D eigenvalue weighted by atomic mass is 10.0. The maximum atomic E-state index is 13.5. The number of benzene rings is 1. The standard InChI is InChI=1S/C27H34N6O3/c1-27(2,3)36-26(35)32-14-11-23(12-15-32)33(22-8-9-22)25(34)19-4-6-21(7-5-19)30-17-20(16-28)24-10-13-29-18-31-24/h4-7,10,13,16-18,22-23H,8-9,11-12,14-15,28H2,1-3H3. The van der Waals surface area contributed by atoms with Gasteiger partial charge in [-0.2, -0.15) is 0 Å². The third-order valence-electron chi connectivity index (χ3n) is 6.21. The van der Waals surface area contributed by atoms with Gasteiger partial charge in [0.05, 0.1) is 11.4 Å². The summed E-state index contributed by atoms with van der Waals surface area (Å²) in [5.41, 5.74) is 7.92. The summed E-state index contributed by atoms with van der Waals surface area (Å²) in [7, 11) is 0. The number of rotatable bonds is 6. The highest BCUT2D eigenvalue weighted by molar-refractivity contribution is 6.09. The monoisotopic (exact) mass is 490 g/mol. The summed E-state index contributed by atoms with van der Waals surface area (Å²) in [5.74, 6) is 0.0345. The van der Waals surface area contributed by atoms with Crippen LogP contribution in [0.15, 0.2) is 54.0 Å². The molecular weight excluding hydrogens is 456 g/mol. The van der Waals surface area contributed by atoms with E-state index in [2.05, 4.69) is 15.0 Å². The predicted octanol–water partition coefficient (Wildman–Crippen LogP) is 4.18. The van der Waals surface area contributed by atoms with E-state index in [0.717, 1.165) is 25.7 Å². The van der Waals surface area contributed by atoms with Crippen LogP contribution in [0, 0.1) is 0 Å². The van der Waals surface area contributed by atoms with Crippen molar-refractivity contribution in [3.8, 4) is 0 Å². The summed E-state index contributed by atoms with van der Waals surface area (Å²) in [6.07, 6.45) is 9.47. The second-order valence-electron chi connectivity index (χ2n) is 10.2. The average Bonchev–Trinajstić information content (AvgIpc) is 3.70. The largest absolute Gasteiger partial charge is 0.444 e. The molecule has 36 heavy (non-hydrogen) atoms. The van der Waals surface area contributed by atoms with Gasteiger partial charge in [0.25, 0.3) is 5.91 Å². The lowest BCUT2D eigenvalue weighted by molar-refractivity contribution is 0.0142. The molecule has 1 saturated carbocycles. The molecule has 2 fully saturated rings. The number of nitrogens with zero attached hydrogens (tertiary/aromatic N) is 5.